The lowest BCUT2D eigenvalue weighted by molar-refractivity contribution is 0.0750. The van der Waals surface area contributed by atoms with E-state index in [2.05, 4.69) is 4.90 Å². The third-order valence-corrected chi connectivity index (χ3v) is 6.20. The Morgan fingerprint density at radius 2 is 1.51 bits per heavy atom. The Labute approximate surface area is 207 Å². The van der Waals surface area contributed by atoms with E-state index in [1.807, 2.05) is 65.6 Å². The fraction of sp³-hybridized carbons (Fsp3) is 0.222. The Hall–Kier alpha value is -3.84. The number of hydrogen-bond donors (Lipinski definition) is 0. The van der Waals surface area contributed by atoms with E-state index in [4.69, 9.17) is 26.1 Å². The summed E-state index contributed by atoms with van der Waals surface area (Å²) < 4.78 is 10.1. The molecule has 0 radical (unpaired) electrons. The number of pyridine rings is 1. The number of carbonyl (C=O) groups excluding carboxylic acids is 2. The second kappa shape index (κ2) is 10.2. The first-order valence-corrected chi connectivity index (χ1v) is 12.0. The summed E-state index contributed by atoms with van der Waals surface area (Å²) >= 11 is 5.54. The standard InChI is InChI=1S/C27H24ClN3O4/c28-12-17-34-27(33)35-20-7-5-6-19(18-20)30-13-15-31(16-14-30)26(32)25-21-8-1-3-10-23(21)29-24-11-4-2-9-22(24)25/h1-11,18H,12-17H2. The van der Waals surface area contributed by atoms with Crippen LogP contribution in [0.4, 0.5) is 10.5 Å². The molecular weight excluding hydrogens is 466 g/mol. The molecule has 1 aliphatic heterocycles. The molecular formula is C27H24ClN3O4. The van der Waals surface area contributed by atoms with Crippen molar-refractivity contribution in [2.24, 2.45) is 0 Å². The highest BCUT2D eigenvalue weighted by Crippen LogP contribution is 2.28. The molecule has 1 saturated heterocycles. The molecule has 35 heavy (non-hydrogen) atoms. The van der Waals surface area contributed by atoms with Crippen molar-refractivity contribution >= 4 is 51.2 Å². The zero-order chi connectivity index (χ0) is 24.2. The van der Waals surface area contributed by atoms with Gasteiger partial charge in [0.05, 0.1) is 22.5 Å². The predicted molar refractivity (Wildman–Crippen MR) is 137 cm³/mol. The van der Waals surface area contributed by atoms with E-state index in [1.54, 1.807) is 12.1 Å². The molecule has 0 spiro atoms. The van der Waals surface area contributed by atoms with Gasteiger partial charge in [0.2, 0.25) is 0 Å². The number of hydrogen-bond acceptors (Lipinski definition) is 6. The van der Waals surface area contributed by atoms with Gasteiger partial charge in [0, 0.05) is 48.7 Å². The molecule has 2 heterocycles. The van der Waals surface area contributed by atoms with Crippen LogP contribution in [-0.4, -0.2) is 60.6 Å². The normalized spacial score (nSPS) is 13.7. The van der Waals surface area contributed by atoms with E-state index in [9.17, 15) is 9.59 Å². The van der Waals surface area contributed by atoms with E-state index in [-0.39, 0.29) is 18.4 Å². The van der Waals surface area contributed by atoms with Gasteiger partial charge < -0.3 is 19.3 Å². The Morgan fingerprint density at radius 3 is 2.17 bits per heavy atom. The zero-order valence-electron chi connectivity index (χ0n) is 19.0. The molecule has 1 fully saturated rings. The van der Waals surface area contributed by atoms with Crippen LogP contribution in [0, 0.1) is 0 Å². The monoisotopic (exact) mass is 489 g/mol. The molecule has 1 aliphatic rings. The Morgan fingerprint density at radius 1 is 0.857 bits per heavy atom. The van der Waals surface area contributed by atoms with Crippen LogP contribution >= 0.6 is 11.6 Å². The number of para-hydroxylation sites is 2. The van der Waals surface area contributed by atoms with Gasteiger partial charge in [-0.25, -0.2) is 9.78 Å². The number of ether oxygens (including phenoxy) is 2. The van der Waals surface area contributed by atoms with Crippen molar-refractivity contribution in [1.29, 1.82) is 0 Å². The van der Waals surface area contributed by atoms with Crippen LogP contribution in [0.25, 0.3) is 21.8 Å². The molecule has 7 nitrogen and oxygen atoms in total. The molecule has 1 aromatic heterocycles. The predicted octanol–water partition coefficient (Wildman–Crippen LogP) is 5.10. The lowest BCUT2D eigenvalue weighted by Gasteiger charge is -2.36. The number of fused-ring (bicyclic) bond motifs is 2. The molecule has 0 aliphatic carbocycles. The topological polar surface area (TPSA) is 72.0 Å². The quantitative estimate of drug-likeness (QED) is 0.168. The van der Waals surface area contributed by atoms with Crippen LogP contribution in [0.15, 0.2) is 72.8 Å². The number of amides is 1. The molecule has 0 bridgehead atoms. The van der Waals surface area contributed by atoms with Crippen molar-refractivity contribution in [1.82, 2.24) is 9.88 Å². The van der Waals surface area contributed by atoms with Crippen LogP contribution in [0.1, 0.15) is 10.4 Å². The number of nitrogens with zero attached hydrogens (tertiary/aromatic N) is 3. The summed E-state index contributed by atoms with van der Waals surface area (Å²) in [7, 11) is 0. The maximum Gasteiger partial charge on any atom is 0.513 e. The van der Waals surface area contributed by atoms with E-state index in [0.717, 1.165) is 27.5 Å². The number of aromatic nitrogens is 1. The van der Waals surface area contributed by atoms with E-state index >= 15 is 0 Å². The van der Waals surface area contributed by atoms with Gasteiger partial charge >= 0.3 is 6.16 Å². The molecule has 178 valence electrons. The highest BCUT2D eigenvalue weighted by molar-refractivity contribution is 6.18. The van der Waals surface area contributed by atoms with Gasteiger partial charge in [0.1, 0.15) is 12.4 Å². The first kappa shape index (κ1) is 22.9. The minimum Gasteiger partial charge on any atom is -0.433 e. The van der Waals surface area contributed by atoms with Crippen molar-refractivity contribution in [2.45, 2.75) is 0 Å². The summed E-state index contributed by atoms with van der Waals surface area (Å²) in [6.45, 7) is 2.57. The van der Waals surface area contributed by atoms with Crippen LogP contribution in [0.5, 0.6) is 5.75 Å². The van der Waals surface area contributed by atoms with Gasteiger partial charge in [-0.3, -0.25) is 4.79 Å². The van der Waals surface area contributed by atoms with Gasteiger partial charge in [-0.1, -0.05) is 42.5 Å². The summed E-state index contributed by atoms with van der Waals surface area (Å²) in [6, 6.07) is 22.8. The number of halogens is 1. The number of carbonyl (C=O) groups is 2. The van der Waals surface area contributed by atoms with E-state index in [0.29, 0.717) is 37.5 Å². The third-order valence-electron chi connectivity index (χ3n) is 6.05. The summed E-state index contributed by atoms with van der Waals surface area (Å²) in [6.07, 6.45) is -0.782. The molecule has 1 amide bonds. The average molecular weight is 490 g/mol. The summed E-state index contributed by atoms with van der Waals surface area (Å²) in [5, 5.41) is 1.73. The van der Waals surface area contributed by atoms with Crippen LogP contribution in [0.2, 0.25) is 0 Å². The number of anilines is 1. The molecule has 0 saturated carbocycles. The fourth-order valence-corrected chi connectivity index (χ4v) is 4.46. The molecule has 5 rings (SSSR count). The third kappa shape index (κ3) is 4.86. The van der Waals surface area contributed by atoms with Crippen LogP contribution in [0.3, 0.4) is 0 Å². The average Bonchev–Trinajstić information content (AvgIpc) is 2.90. The van der Waals surface area contributed by atoms with E-state index in [1.165, 1.54) is 0 Å². The molecule has 0 N–H and O–H groups in total. The smallest absolute Gasteiger partial charge is 0.433 e. The maximum atomic E-state index is 13.7. The number of alkyl halides is 1. The fourth-order valence-electron chi connectivity index (χ4n) is 4.39. The van der Waals surface area contributed by atoms with E-state index < -0.39 is 6.16 Å². The number of benzene rings is 3. The molecule has 0 atom stereocenters. The molecule has 8 heteroatoms. The van der Waals surface area contributed by atoms with Crippen molar-refractivity contribution in [3.8, 4) is 5.75 Å². The Balaban J connectivity index is 1.33. The minimum atomic E-state index is -0.782. The number of piperazine rings is 1. The van der Waals surface area contributed by atoms with Crippen LogP contribution in [-0.2, 0) is 4.74 Å². The minimum absolute atomic E-state index is 0.0126. The second-order valence-electron chi connectivity index (χ2n) is 8.19. The Kier molecular flexibility index (Phi) is 6.68. The molecule has 0 unspecified atom stereocenters. The van der Waals surface area contributed by atoms with Crippen molar-refractivity contribution < 1.29 is 19.1 Å². The highest BCUT2D eigenvalue weighted by atomic mass is 35.5. The highest BCUT2D eigenvalue weighted by Gasteiger charge is 2.25. The van der Waals surface area contributed by atoms with Gasteiger partial charge in [-0.2, -0.15) is 0 Å². The first-order chi connectivity index (χ1) is 17.1. The lowest BCUT2D eigenvalue weighted by atomic mass is 10.0. The summed E-state index contributed by atoms with van der Waals surface area (Å²) in [5.41, 5.74) is 3.24. The van der Waals surface area contributed by atoms with Crippen molar-refractivity contribution in [2.75, 3.05) is 43.6 Å². The zero-order valence-corrected chi connectivity index (χ0v) is 19.8. The number of rotatable bonds is 5. The van der Waals surface area contributed by atoms with Gasteiger partial charge in [-0.05, 0) is 24.3 Å². The van der Waals surface area contributed by atoms with Gasteiger partial charge in [-0.15, -0.1) is 11.6 Å². The SMILES string of the molecule is O=C(OCCCl)Oc1cccc(N2CCN(C(=O)c3c4ccccc4nc4ccccc34)CC2)c1. The molecule has 4 aromatic rings. The Bertz CT molecular complexity index is 1330. The first-order valence-electron chi connectivity index (χ1n) is 11.5. The summed E-state index contributed by atoms with van der Waals surface area (Å²) in [4.78, 5) is 34.3. The summed E-state index contributed by atoms with van der Waals surface area (Å²) in [5.74, 6) is 0.623. The largest absolute Gasteiger partial charge is 0.513 e. The van der Waals surface area contributed by atoms with Crippen LogP contribution < -0.4 is 9.64 Å². The van der Waals surface area contributed by atoms with Crippen molar-refractivity contribution in [3.05, 3.63) is 78.4 Å². The second-order valence-corrected chi connectivity index (χ2v) is 8.57. The van der Waals surface area contributed by atoms with Crippen molar-refractivity contribution in [3.63, 3.8) is 0 Å². The maximum absolute atomic E-state index is 13.7. The lowest BCUT2D eigenvalue weighted by Crippen LogP contribution is -2.48. The van der Waals surface area contributed by atoms with Gasteiger partial charge in [0.25, 0.3) is 5.91 Å². The van der Waals surface area contributed by atoms with Gasteiger partial charge in [0.15, 0.2) is 0 Å². The molecule has 3 aromatic carbocycles.